The van der Waals surface area contributed by atoms with E-state index in [9.17, 15) is 9.59 Å². The second-order valence-corrected chi connectivity index (χ2v) is 8.90. The summed E-state index contributed by atoms with van der Waals surface area (Å²) in [6, 6.07) is 26.8. The van der Waals surface area contributed by atoms with Gasteiger partial charge in [0.1, 0.15) is 11.6 Å². The number of benzene rings is 3. The Labute approximate surface area is 219 Å². The Hall–Kier alpha value is -4.98. The maximum atomic E-state index is 13.2. The highest BCUT2D eigenvalue weighted by molar-refractivity contribution is 5.84. The number of fused-ring (bicyclic) bond motifs is 1. The molecule has 0 radical (unpaired) electrons. The van der Waals surface area contributed by atoms with Crippen LogP contribution < -0.4 is 15.7 Å². The number of hydrogen-bond acceptors (Lipinski definition) is 5. The number of hydrogen-bond donors (Lipinski definition) is 1. The summed E-state index contributed by atoms with van der Waals surface area (Å²) in [7, 11) is 0. The molecule has 0 saturated heterocycles. The average molecular weight is 506 g/mol. The van der Waals surface area contributed by atoms with E-state index in [2.05, 4.69) is 15.5 Å². The largest absolute Gasteiger partial charge is 0.484 e. The summed E-state index contributed by atoms with van der Waals surface area (Å²) in [6.45, 7) is 5.43. The zero-order chi connectivity index (χ0) is 26.6. The van der Waals surface area contributed by atoms with E-state index >= 15 is 0 Å². The van der Waals surface area contributed by atoms with Crippen LogP contribution in [0.1, 0.15) is 22.8 Å². The molecule has 0 aliphatic carbocycles. The molecule has 0 atom stereocenters. The van der Waals surface area contributed by atoms with Crippen LogP contribution in [0.2, 0.25) is 0 Å². The fourth-order valence-corrected chi connectivity index (χ4v) is 4.42. The number of rotatable bonds is 7. The van der Waals surface area contributed by atoms with Crippen LogP contribution in [0.25, 0.3) is 22.0 Å². The molecule has 38 heavy (non-hydrogen) atoms. The number of nitrogens with zero attached hydrogens (tertiary/aromatic N) is 4. The van der Waals surface area contributed by atoms with E-state index in [0.717, 1.165) is 28.1 Å². The van der Waals surface area contributed by atoms with E-state index < -0.39 is 0 Å². The lowest BCUT2D eigenvalue weighted by molar-refractivity contribution is -0.123. The fourth-order valence-electron chi connectivity index (χ4n) is 4.42. The standard InChI is InChI=1S/C30H27N5O3/c1-20-17-25(21(2)34(20)35-22(3)32-28-12-8-7-11-27(28)30(35)37)18-31-33-29(36)19-38-26-15-13-24(14-16-26)23-9-5-4-6-10-23/h4-18H,19H2,1-3H3,(H,33,36). The van der Waals surface area contributed by atoms with E-state index in [0.29, 0.717) is 22.5 Å². The quantitative estimate of drug-likeness (QED) is 0.258. The maximum absolute atomic E-state index is 13.2. The van der Waals surface area contributed by atoms with Crippen molar-refractivity contribution < 1.29 is 9.53 Å². The van der Waals surface area contributed by atoms with Gasteiger partial charge in [-0.15, -0.1) is 0 Å². The van der Waals surface area contributed by atoms with E-state index in [1.807, 2.05) is 97.4 Å². The van der Waals surface area contributed by atoms with Crippen molar-refractivity contribution in [3.8, 4) is 16.9 Å². The third kappa shape index (κ3) is 4.97. The Balaban J connectivity index is 1.25. The first-order chi connectivity index (χ1) is 18.4. The maximum Gasteiger partial charge on any atom is 0.280 e. The highest BCUT2D eigenvalue weighted by Gasteiger charge is 2.15. The number of para-hydroxylation sites is 1. The summed E-state index contributed by atoms with van der Waals surface area (Å²) >= 11 is 0. The van der Waals surface area contributed by atoms with Crippen LogP contribution in [-0.4, -0.2) is 33.1 Å². The first kappa shape index (κ1) is 24.7. The third-order valence-corrected chi connectivity index (χ3v) is 6.27. The lowest BCUT2D eigenvalue weighted by Crippen LogP contribution is -2.31. The molecule has 190 valence electrons. The molecule has 0 unspecified atom stereocenters. The van der Waals surface area contributed by atoms with Crippen molar-refractivity contribution in [2.45, 2.75) is 20.8 Å². The van der Waals surface area contributed by atoms with Gasteiger partial charge in [-0.05, 0) is 62.2 Å². The summed E-state index contributed by atoms with van der Waals surface area (Å²) < 4.78 is 8.96. The molecule has 0 aliphatic heterocycles. The molecule has 0 fully saturated rings. The van der Waals surface area contributed by atoms with Gasteiger partial charge in [0.05, 0.1) is 17.1 Å². The van der Waals surface area contributed by atoms with Gasteiger partial charge < -0.3 is 4.74 Å². The number of hydrazone groups is 1. The summed E-state index contributed by atoms with van der Waals surface area (Å²) in [5.41, 5.74) is 7.57. The normalized spacial score (nSPS) is 11.2. The van der Waals surface area contributed by atoms with E-state index in [-0.39, 0.29) is 18.1 Å². The van der Waals surface area contributed by atoms with Crippen molar-refractivity contribution in [1.29, 1.82) is 0 Å². The molecule has 0 aliphatic rings. The number of amides is 1. The lowest BCUT2D eigenvalue weighted by Gasteiger charge is -2.16. The molecule has 8 heteroatoms. The van der Waals surface area contributed by atoms with E-state index in [4.69, 9.17) is 4.74 Å². The molecule has 0 spiro atoms. The lowest BCUT2D eigenvalue weighted by atomic mass is 10.1. The molecule has 0 saturated carbocycles. The highest BCUT2D eigenvalue weighted by Crippen LogP contribution is 2.22. The van der Waals surface area contributed by atoms with Crippen molar-refractivity contribution in [3.05, 3.63) is 118 Å². The molecular weight excluding hydrogens is 478 g/mol. The summed E-state index contributed by atoms with van der Waals surface area (Å²) in [4.78, 5) is 30.1. The van der Waals surface area contributed by atoms with Crippen LogP contribution in [0.5, 0.6) is 5.75 Å². The van der Waals surface area contributed by atoms with Crippen molar-refractivity contribution in [1.82, 2.24) is 19.8 Å². The fraction of sp³-hybridized carbons (Fsp3) is 0.133. The number of ether oxygens (including phenoxy) is 1. The monoisotopic (exact) mass is 505 g/mol. The number of nitrogens with one attached hydrogen (secondary N) is 1. The minimum Gasteiger partial charge on any atom is -0.484 e. The number of aromatic nitrogens is 3. The Morgan fingerprint density at radius 2 is 1.61 bits per heavy atom. The molecule has 8 nitrogen and oxygen atoms in total. The van der Waals surface area contributed by atoms with Crippen LogP contribution in [0.3, 0.4) is 0 Å². The van der Waals surface area contributed by atoms with Crippen LogP contribution in [-0.2, 0) is 4.79 Å². The number of aryl methyl sites for hydroxylation is 2. The predicted molar refractivity (Wildman–Crippen MR) is 149 cm³/mol. The molecule has 2 heterocycles. The van der Waals surface area contributed by atoms with Crippen molar-refractivity contribution >= 4 is 23.0 Å². The van der Waals surface area contributed by atoms with Gasteiger partial charge in [0.2, 0.25) is 0 Å². The Bertz CT molecular complexity index is 1700. The topological polar surface area (TPSA) is 90.5 Å². The van der Waals surface area contributed by atoms with Gasteiger partial charge >= 0.3 is 0 Å². The Kier molecular flexibility index (Phi) is 6.86. The third-order valence-electron chi connectivity index (χ3n) is 6.27. The van der Waals surface area contributed by atoms with Gasteiger partial charge in [0.15, 0.2) is 6.61 Å². The molecule has 2 aromatic heterocycles. The predicted octanol–water partition coefficient (Wildman–Crippen LogP) is 4.63. The summed E-state index contributed by atoms with van der Waals surface area (Å²) in [6.07, 6.45) is 1.56. The van der Waals surface area contributed by atoms with Gasteiger partial charge in [-0.1, -0.05) is 54.6 Å². The molecule has 0 bridgehead atoms. The zero-order valence-corrected chi connectivity index (χ0v) is 21.4. The van der Waals surface area contributed by atoms with E-state index in [1.165, 1.54) is 0 Å². The Morgan fingerprint density at radius 3 is 2.37 bits per heavy atom. The molecular formula is C30H27N5O3. The molecule has 3 aromatic carbocycles. The minimum atomic E-state index is -0.381. The first-order valence-electron chi connectivity index (χ1n) is 12.2. The first-order valence-corrected chi connectivity index (χ1v) is 12.2. The highest BCUT2D eigenvalue weighted by atomic mass is 16.5. The SMILES string of the molecule is Cc1cc(C=NNC(=O)COc2ccc(-c3ccccc3)cc2)c(C)n1-n1c(C)nc2ccccc2c1=O. The zero-order valence-electron chi connectivity index (χ0n) is 21.4. The van der Waals surface area contributed by atoms with Crippen LogP contribution in [0, 0.1) is 20.8 Å². The van der Waals surface area contributed by atoms with E-state index in [1.54, 1.807) is 23.9 Å². The summed E-state index contributed by atoms with van der Waals surface area (Å²) in [5.74, 6) is 0.784. The second-order valence-electron chi connectivity index (χ2n) is 8.90. The molecule has 1 amide bonds. The summed E-state index contributed by atoms with van der Waals surface area (Å²) in [5, 5.41) is 4.63. The molecule has 5 rings (SSSR count). The van der Waals surface area contributed by atoms with Crippen LogP contribution in [0.15, 0.2) is 94.8 Å². The second kappa shape index (κ2) is 10.6. The molecule has 1 N–H and O–H groups in total. The van der Waals surface area contributed by atoms with Crippen LogP contribution >= 0.6 is 0 Å². The van der Waals surface area contributed by atoms with Crippen LogP contribution in [0.4, 0.5) is 0 Å². The van der Waals surface area contributed by atoms with Gasteiger partial charge in [0.25, 0.3) is 11.5 Å². The number of carbonyl (C=O) groups is 1. The molecule has 5 aromatic rings. The van der Waals surface area contributed by atoms with Gasteiger partial charge in [-0.3, -0.25) is 14.3 Å². The minimum absolute atomic E-state index is 0.152. The van der Waals surface area contributed by atoms with Gasteiger partial charge in [-0.2, -0.15) is 9.78 Å². The van der Waals surface area contributed by atoms with Crippen molar-refractivity contribution in [3.63, 3.8) is 0 Å². The average Bonchev–Trinajstić information content (AvgIpc) is 3.21. The van der Waals surface area contributed by atoms with Gasteiger partial charge in [-0.25, -0.2) is 10.4 Å². The van der Waals surface area contributed by atoms with Crippen molar-refractivity contribution in [2.24, 2.45) is 5.10 Å². The Morgan fingerprint density at radius 1 is 0.921 bits per heavy atom. The van der Waals surface area contributed by atoms with Gasteiger partial charge in [0, 0.05) is 17.0 Å². The van der Waals surface area contributed by atoms with Crippen molar-refractivity contribution in [2.75, 3.05) is 6.61 Å². The smallest absolute Gasteiger partial charge is 0.280 e. The number of carbonyl (C=O) groups excluding carboxylic acids is 1.